The average Bonchev–Trinajstić information content (AvgIpc) is 3.53. The van der Waals surface area contributed by atoms with Crippen LogP contribution in [-0.2, 0) is 9.47 Å². The van der Waals surface area contributed by atoms with Crippen molar-refractivity contribution in [2.24, 2.45) is 15.7 Å². The van der Waals surface area contributed by atoms with E-state index in [0.717, 1.165) is 0 Å². The van der Waals surface area contributed by atoms with Crippen LogP contribution in [0.5, 0.6) is 0 Å². The molecule has 0 aromatic heterocycles. The molecular weight excluding hydrogens is 498 g/mol. The van der Waals surface area contributed by atoms with E-state index in [4.69, 9.17) is 26.8 Å². The Hall–Kier alpha value is -2.30. The average molecular weight is 525 g/mol. The number of carbonyl (C=O) groups excluding carboxylic acids is 1. The van der Waals surface area contributed by atoms with E-state index in [1.807, 2.05) is 0 Å². The molecule has 0 radical (unpaired) electrons. The van der Waals surface area contributed by atoms with Crippen LogP contribution in [-0.4, -0.2) is 109 Å². The van der Waals surface area contributed by atoms with Crippen molar-refractivity contribution >= 4 is 29.0 Å². The first-order valence-corrected chi connectivity index (χ1v) is 11.7. The number of hydrogen-bond acceptors (Lipinski definition) is 12. The Labute approximate surface area is 210 Å². The lowest BCUT2D eigenvalue weighted by molar-refractivity contribution is -0.899. The quantitative estimate of drug-likeness (QED) is 0.120. The van der Waals surface area contributed by atoms with Crippen LogP contribution in [0.2, 0.25) is 0 Å². The maximum absolute atomic E-state index is 13.5. The molecule has 4 aliphatic heterocycles. The SMILES string of the molecule is NC1(C(=O)c2ccccc2)N=C(Cl)NC2=C1N=C[N+]2([C@@H]1C[C@H](O)[C@@H](CO)O1)[C@@H]1O[C@H](CO)[C@@H](O)[C@H]1O. The van der Waals surface area contributed by atoms with Gasteiger partial charge in [-0.1, -0.05) is 30.3 Å². The van der Waals surface area contributed by atoms with Gasteiger partial charge in [-0.05, 0) is 11.6 Å². The maximum Gasteiger partial charge on any atom is 0.244 e. The smallest absolute Gasteiger partial charge is 0.244 e. The molecular formula is C22H27ClN5O8+. The first-order valence-electron chi connectivity index (χ1n) is 11.3. The van der Waals surface area contributed by atoms with Crippen LogP contribution >= 0.6 is 11.6 Å². The molecule has 14 heteroatoms. The molecule has 194 valence electrons. The van der Waals surface area contributed by atoms with Gasteiger partial charge in [0.25, 0.3) is 0 Å². The Kier molecular flexibility index (Phi) is 6.49. The topological polar surface area (TPSA) is 199 Å². The molecule has 5 rings (SSSR count). The first kappa shape index (κ1) is 25.4. The first-order chi connectivity index (χ1) is 17.2. The third-order valence-corrected chi connectivity index (χ3v) is 7.21. The van der Waals surface area contributed by atoms with E-state index in [1.54, 1.807) is 30.3 Å². The second-order valence-corrected chi connectivity index (χ2v) is 9.47. The van der Waals surface area contributed by atoms with Gasteiger partial charge in [0.2, 0.25) is 41.4 Å². The molecule has 4 aliphatic rings. The molecule has 2 saturated heterocycles. The van der Waals surface area contributed by atoms with Gasteiger partial charge in [0.1, 0.15) is 18.3 Å². The van der Waals surface area contributed by atoms with Crippen LogP contribution in [0.1, 0.15) is 16.8 Å². The molecule has 8 N–H and O–H groups in total. The van der Waals surface area contributed by atoms with E-state index >= 15 is 0 Å². The predicted octanol–water partition coefficient (Wildman–Crippen LogP) is -2.34. The van der Waals surface area contributed by atoms with Gasteiger partial charge in [0.05, 0.1) is 25.7 Å². The summed E-state index contributed by atoms with van der Waals surface area (Å²) in [6.45, 7) is -1.08. The standard InChI is InChI=1S/C22H27ClN5O8/c23-21-26-19-17(22(24,27-21)18(34)10-4-2-1-3-5-10)25-9-28(19,14-6-11(31)12(7-29)35-14)20-16(33)15(32)13(8-30)36-20/h1-5,9,11-16,20,29-33H,6-8,24H2,(H,26,27)/q+1/t11-,12+,13+,14-,15+,16+,20+,22?,28?/m0/s1. The summed E-state index contributed by atoms with van der Waals surface area (Å²) in [7, 11) is 0. The van der Waals surface area contributed by atoms with E-state index in [-0.39, 0.29) is 28.8 Å². The minimum Gasteiger partial charge on any atom is -0.394 e. The van der Waals surface area contributed by atoms with Crippen molar-refractivity contribution in [3.63, 3.8) is 0 Å². The zero-order chi connectivity index (χ0) is 25.8. The summed E-state index contributed by atoms with van der Waals surface area (Å²) in [5.74, 6) is -0.526. The number of quaternary nitrogens is 1. The number of rotatable bonds is 6. The summed E-state index contributed by atoms with van der Waals surface area (Å²) in [5, 5.41) is 53.9. The molecule has 4 heterocycles. The molecule has 0 amide bonds. The molecule has 0 aliphatic carbocycles. The second-order valence-electron chi connectivity index (χ2n) is 9.11. The number of ketones is 1. The summed E-state index contributed by atoms with van der Waals surface area (Å²) in [6.07, 6.45) is -7.27. The normalized spacial score (nSPS) is 41.9. The van der Waals surface area contributed by atoms with Crippen LogP contribution in [0, 0.1) is 0 Å². The Morgan fingerprint density at radius 2 is 1.83 bits per heavy atom. The van der Waals surface area contributed by atoms with Crippen molar-refractivity contribution in [1.29, 1.82) is 0 Å². The van der Waals surface area contributed by atoms with E-state index < -0.39 is 72.1 Å². The largest absolute Gasteiger partial charge is 0.394 e. The fourth-order valence-corrected chi connectivity index (χ4v) is 5.37. The molecule has 0 bridgehead atoms. The Balaban J connectivity index is 1.66. The molecule has 2 fully saturated rings. The number of hydrogen-bond donors (Lipinski definition) is 7. The number of benzene rings is 1. The zero-order valence-corrected chi connectivity index (χ0v) is 19.6. The van der Waals surface area contributed by atoms with Crippen molar-refractivity contribution in [2.75, 3.05) is 13.2 Å². The van der Waals surface area contributed by atoms with Crippen molar-refractivity contribution in [3.8, 4) is 0 Å². The van der Waals surface area contributed by atoms with Crippen molar-refractivity contribution in [2.45, 2.75) is 55.1 Å². The van der Waals surface area contributed by atoms with Gasteiger partial charge < -0.3 is 35.0 Å². The third kappa shape index (κ3) is 3.63. The van der Waals surface area contributed by atoms with Gasteiger partial charge in [0, 0.05) is 5.56 Å². The van der Waals surface area contributed by atoms with Crippen molar-refractivity contribution < 1.29 is 44.3 Å². The minimum atomic E-state index is -2.07. The summed E-state index contributed by atoms with van der Waals surface area (Å²) in [6, 6.07) is 8.20. The molecule has 13 nitrogen and oxygen atoms in total. The van der Waals surface area contributed by atoms with Crippen molar-refractivity contribution in [3.05, 3.63) is 47.4 Å². The molecule has 0 saturated carbocycles. The number of aliphatic hydroxyl groups excluding tert-OH is 5. The second kappa shape index (κ2) is 9.22. The van der Waals surface area contributed by atoms with E-state index in [9.17, 15) is 30.3 Å². The van der Waals surface area contributed by atoms with Crippen LogP contribution < -0.4 is 11.1 Å². The monoisotopic (exact) mass is 524 g/mol. The van der Waals surface area contributed by atoms with Crippen LogP contribution in [0.15, 0.2) is 51.8 Å². The lowest BCUT2D eigenvalue weighted by Gasteiger charge is -2.43. The number of aliphatic hydroxyl groups is 5. The summed E-state index contributed by atoms with van der Waals surface area (Å²) in [5.41, 5.74) is 4.71. The Bertz CT molecular complexity index is 1130. The number of amidine groups is 1. The lowest BCUT2D eigenvalue weighted by Crippen LogP contribution is -2.66. The molecule has 2 unspecified atom stereocenters. The number of nitrogens with zero attached hydrogens (tertiary/aromatic N) is 3. The Morgan fingerprint density at radius 1 is 1.14 bits per heavy atom. The third-order valence-electron chi connectivity index (χ3n) is 7.03. The van der Waals surface area contributed by atoms with Gasteiger partial charge in [0.15, 0.2) is 11.8 Å². The van der Waals surface area contributed by atoms with Gasteiger partial charge in [-0.15, -0.1) is 0 Å². The highest BCUT2D eigenvalue weighted by molar-refractivity contribution is 6.65. The van der Waals surface area contributed by atoms with Gasteiger partial charge in [-0.25, -0.2) is 4.99 Å². The van der Waals surface area contributed by atoms with Gasteiger partial charge in [-0.2, -0.15) is 9.48 Å². The summed E-state index contributed by atoms with van der Waals surface area (Å²) < 4.78 is 11.2. The van der Waals surface area contributed by atoms with Crippen LogP contribution in [0.3, 0.4) is 0 Å². The van der Waals surface area contributed by atoms with E-state index in [2.05, 4.69) is 15.3 Å². The summed E-state index contributed by atoms with van der Waals surface area (Å²) >= 11 is 6.33. The number of ether oxygens (including phenoxy) is 2. The maximum atomic E-state index is 13.5. The van der Waals surface area contributed by atoms with Gasteiger partial charge in [-0.3, -0.25) is 15.8 Å². The Morgan fingerprint density at radius 3 is 2.44 bits per heavy atom. The molecule has 36 heavy (non-hydrogen) atoms. The number of halogens is 1. The fourth-order valence-electron chi connectivity index (χ4n) is 5.15. The predicted molar refractivity (Wildman–Crippen MR) is 124 cm³/mol. The highest BCUT2D eigenvalue weighted by Gasteiger charge is 2.66. The summed E-state index contributed by atoms with van der Waals surface area (Å²) in [4.78, 5) is 22.1. The number of carbonyl (C=O) groups is 1. The highest BCUT2D eigenvalue weighted by Crippen LogP contribution is 2.45. The highest BCUT2D eigenvalue weighted by atomic mass is 35.5. The number of nitrogens with two attached hydrogens (primary N) is 1. The molecule has 0 spiro atoms. The number of nitrogens with one attached hydrogen (secondary N) is 1. The zero-order valence-electron chi connectivity index (χ0n) is 18.9. The van der Waals surface area contributed by atoms with Crippen molar-refractivity contribution in [1.82, 2.24) is 5.32 Å². The minimum absolute atomic E-state index is 0.0379. The van der Waals surface area contributed by atoms with Crippen LogP contribution in [0.4, 0.5) is 0 Å². The fraction of sp³-hybridized carbons (Fsp3) is 0.500. The number of aliphatic imine (C=N–C) groups is 2. The van der Waals surface area contributed by atoms with E-state index in [0.29, 0.717) is 0 Å². The number of Topliss-reactive ketones (excluding diaryl/α,β-unsaturated/α-hetero) is 1. The molecule has 1 aromatic rings. The molecule has 9 atom stereocenters. The van der Waals surface area contributed by atoms with E-state index in [1.165, 1.54) is 6.34 Å². The van der Waals surface area contributed by atoms with Crippen LogP contribution in [0.25, 0.3) is 0 Å². The van der Waals surface area contributed by atoms with Gasteiger partial charge >= 0.3 is 0 Å². The lowest BCUT2D eigenvalue weighted by atomic mass is 9.94. The molecule has 1 aromatic carbocycles.